The van der Waals surface area contributed by atoms with E-state index < -0.39 is 0 Å². The second-order valence-corrected chi connectivity index (χ2v) is 4.55. The van der Waals surface area contributed by atoms with Crippen molar-refractivity contribution in [1.82, 2.24) is 0 Å². The van der Waals surface area contributed by atoms with Gasteiger partial charge in [-0.05, 0) is 27.2 Å². The van der Waals surface area contributed by atoms with E-state index in [1.54, 1.807) is 0 Å². The molecule has 1 unspecified atom stereocenters. The summed E-state index contributed by atoms with van der Waals surface area (Å²) in [6.45, 7) is 8.16. The third-order valence-electron chi connectivity index (χ3n) is 1.85. The molecule has 0 aliphatic rings. The van der Waals surface area contributed by atoms with Gasteiger partial charge >= 0.3 is 0 Å². The molecule has 14 heavy (non-hydrogen) atoms. The molecule has 0 aliphatic heterocycles. The Morgan fingerprint density at radius 3 is 2.43 bits per heavy atom. The van der Waals surface area contributed by atoms with E-state index in [9.17, 15) is 4.79 Å². The lowest BCUT2D eigenvalue weighted by Crippen LogP contribution is -2.26. The van der Waals surface area contributed by atoms with Crippen molar-refractivity contribution in [2.75, 3.05) is 0 Å². The second kappa shape index (κ2) is 6.80. The summed E-state index contributed by atoms with van der Waals surface area (Å²) in [7, 11) is 0. The molecular weight excluding hydrogens is 176 g/mol. The molecular formula is C12H22O2. The zero-order chi connectivity index (χ0) is 11.0. The summed E-state index contributed by atoms with van der Waals surface area (Å²) in [6, 6.07) is 0. The van der Waals surface area contributed by atoms with Gasteiger partial charge in [0.05, 0.1) is 11.7 Å². The lowest BCUT2D eigenvalue weighted by atomic mass is 10.1. The highest BCUT2D eigenvalue weighted by Crippen LogP contribution is 2.15. The Morgan fingerprint density at radius 2 is 2.00 bits per heavy atom. The standard InChI is InChI=1S/C12H22O2/c1-5-6-7-8-11(9-10-13)14-12(2,3)4/h9,11H,5-8H2,1-4H3. The van der Waals surface area contributed by atoms with Gasteiger partial charge in [0, 0.05) is 6.08 Å². The fraction of sp³-hybridized carbons (Fsp3) is 0.833. The molecule has 82 valence electrons. The molecule has 1 atom stereocenters. The molecule has 0 aliphatic carbocycles. The lowest BCUT2D eigenvalue weighted by Gasteiger charge is -2.24. The minimum atomic E-state index is -0.190. The molecule has 2 heteroatoms. The van der Waals surface area contributed by atoms with Crippen molar-refractivity contribution in [3.63, 3.8) is 0 Å². The Hall–Kier alpha value is -0.590. The first kappa shape index (κ1) is 13.4. The molecule has 0 radical (unpaired) electrons. The molecule has 2 nitrogen and oxygen atoms in total. The Labute approximate surface area is 87.3 Å². The van der Waals surface area contributed by atoms with Gasteiger partial charge in [-0.3, -0.25) is 0 Å². The molecule has 0 saturated carbocycles. The van der Waals surface area contributed by atoms with Gasteiger partial charge in [0.1, 0.15) is 5.94 Å². The van der Waals surface area contributed by atoms with Crippen molar-refractivity contribution in [1.29, 1.82) is 0 Å². The van der Waals surface area contributed by atoms with Crippen LogP contribution in [0.5, 0.6) is 0 Å². The summed E-state index contributed by atoms with van der Waals surface area (Å²) in [5.41, 5.74) is -0.190. The zero-order valence-corrected chi connectivity index (χ0v) is 9.80. The van der Waals surface area contributed by atoms with E-state index in [0.29, 0.717) is 0 Å². The molecule has 0 spiro atoms. The summed E-state index contributed by atoms with van der Waals surface area (Å²) in [5.74, 6) is 1.82. The van der Waals surface area contributed by atoms with Gasteiger partial charge in [0.25, 0.3) is 0 Å². The Balaban J connectivity index is 3.96. The maximum atomic E-state index is 10.3. The van der Waals surface area contributed by atoms with Gasteiger partial charge < -0.3 is 4.74 Å². The van der Waals surface area contributed by atoms with Crippen LogP contribution in [0, 0.1) is 0 Å². The minimum Gasteiger partial charge on any atom is -0.368 e. The van der Waals surface area contributed by atoms with E-state index in [1.807, 2.05) is 26.7 Å². The predicted octanol–water partition coefficient (Wildman–Crippen LogP) is 3.14. The summed E-state index contributed by atoms with van der Waals surface area (Å²) in [6.07, 6.45) is 5.82. The van der Waals surface area contributed by atoms with Gasteiger partial charge in [0.2, 0.25) is 0 Å². The largest absolute Gasteiger partial charge is 0.368 e. The van der Waals surface area contributed by atoms with Crippen molar-refractivity contribution < 1.29 is 9.53 Å². The van der Waals surface area contributed by atoms with E-state index in [2.05, 4.69) is 6.92 Å². The van der Waals surface area contributed by atoms with Crippen LogP contribution < -0.4 is 0 Å². The predicted molar refractivity (Wildman–Crippen MR) is 59.0 cm³/mol. The average Bonchev–Trinajstić information content (AvgIpc) is 2.02. The fourth-order valence-corrected chi connectivity index (χ4v) is 1.30. The van der Waals surface area contributed by atoms with Crippen LogP contribution in [0.4, 0.5) is 0 Å². The topological polar surface area (TPSA) is 26.3 Å². The van der Waals surface area contributed by atoms with Gasteiger partial charge in [-0.25, -0.2) is 4.79 Å². The SMILES string of the molecule is CCCCCC(C=C=O)OC(C)(C)C. The van der Waals surface area contributed by atoms with E-state index in [1.165, 1.54) is 18.9 Å². The van der Waals surface area contributed by atoms with Crippen molar-refractivity contribution in [2.24, 2.45) is 0 Å². The smallest absolute Gasteiger partial charge is 0.122 e. The van der Waals surface area contributed by atoms with Crippen LogP contribution in [0.25, 0.3) is 0 Å². The van der Waals surface area contributed by atoms with Gasteiger partial charge in [-0.2, -0.15) is 0 Å². The molecule has 0 aromatic rings. The van der Waals surface area contributed by atoms with E-state index in [-0.39, 0.29) is 11.7 Å². The van der Waals surface area contributed by atoms with Gasteiger partial charge in [-0.15, -0.1) is 0 Å². The number of carbonyl (C=O) groups excluding carboxylic acids is 1. The first-order valence-corrected chi connectivity index (χ1v) is 5.38. The molecule has 0 bridgehead atoms. The van der Waals surface area contributed by atoms with E-state index >= 15 is 0 Å². The monoisotopic (exact) mass is 198 g/mol. The molecule has 0 fully saturated rings. The number of hydrogen-bond donors (Lipinski definition) is 0. The number of hydrogen-bond acceptors (Lipinski definition) is 2. The molecule has 0 heterocycles. The summed E-state index contributed by atoms with van der Waals surface area (Å²) in [4.78, 5) is 10.3. The van der Waals surface area contributed by atoms with Crippen molar-refractivity contribution >= 4 is 5.94 Å². The quantitative estimate of drug-likeness (QED) is 0.484. The molecule has 0 amide bonds. The molecule has 0 saturated heterocycles. The zero-order valence-electron chi connectivity index (χ0n) is 9.80. The summed E-state index contributed by atoms with van der Waals surface area (Å²) < 4.78 is 5.71. The Bertz CT molecular complexity index is 185. The highest BCUT2D eigenvalue weighted by molar-refractivity contribution is 5.46. The number of unbranched alkanes of at least 4 members (excludes halogenated alkanes) is 2. The van der Waals surface area contributed by atoms with Crippen LogP contribution in [-0.2, 0) is 9.53 Å². The van der Waals surface area contributed by atoms with E-state index in [0.717, 1.165) is 12.8 Å². The highest BCUT2D eigenvalue weighted by atomic mass is 16.5. The third kappa shape index (κ3) is 8.03. The number of rotatable bonds is 6. The Morgan fingerprint density at radius 1 is 1.36 bits per heavy atom. The summed E-state index contributed by atoms with van der Waals surface area (Å²) >= 11 is 0. The van der Waals surface area contributed by atoms with Gasteiger partial charge in [0.15, 0.2) is 0 Å². The number of ether oxygens (including phenoxy) is 1. The minimum absolute atomic E-state index is 0.0703. The van der Waals surface area contributed by atoms with Crippen LogP contribution in [0.2, 0.25) is 0 Å². The van der Waals surface area contributed by atoms with Gasteiger partial charge in [-0.1, -0.05) is 26.2 Å². The molecule has 0 rings (SSSR count). The fourth-order valence-electron chi connectivity index (χ4n) is 1.30. The first-order valence-electron chi connectivity index (χ1n) is 5.38. The van der Waals surface area contributed by atoms with Crippen LogP contribution in [0.1, 0.15) is 53.4 Å². The van der Waals surface area contributed by atoms with Crippen LogP contribution in [-0.4, -0.2) is 17.6 Å². The van der Waals surface area contributed by atoms with E-state index in [4.69, 9.17) is 4.74 Å². The molecule has 0 aromatic heterocycles. The second-order valence-electron chi connectivity index (χ2n) is 4.55. The highest BCUT2D eigenvalue weighted by Gasteiger charge is 2.16. The Kier molecular flexibility index (Phi) is 6.52. The van der Waals surface area contributed by atoms with Crippen molar-refractivity contribution in [3.05, 3.63) is 6.08 Å². The van der Waals surface area contributed by atoms with Crippen molar-refractivity contribution in [3.8, 4) is 0 Å². The van der Waals surface area contributed by atoms with Crippen LogP contribution in [0.15, 0.2) is 6.08 Å². The first-order chi connectivity index (χ1) is 6.49. The molecule has 0 N–H and O–H groups in total. The van der Waals surface area contributed by atoms with Crippen LogP contribution in [0.3, 0.4) is 0 Å². The maximum Gasteiger partial charge on any atom is 0.122 e. The lowest BCUT2D eigenvalue weighted by molar-refractivity contribution is -0.0412. The normalized spacial score (nSPS) is 13.4. The average molecular weight is 198 g/mol. The molecule has 0 aromatic carbocycles. The maximum absolute atomic E-state index is 10.3. The summed E-state index contributed by atoms with van der Waals surface area (Å²) in [5, 5.41) is 0. The van der Waals surface area contributed by atoms with Crippen LogP contribution >= 0.6 is 0 Å². The van der Waals surface area contributed by atoms with Crippen molar-refractivity contribution in [2.45, 2.75) is 65.1 Å². The third-order valence-corrected chi connectivity index (χ3v) is 1.85.